The third-order valence-electron chi connectivity index (χ3n) is 5.39. The highest BCUT2D eigenvalue weighted by Gasteiger charge is 2.31. The van der Waals surface area contributed by atoms with Gasteiger partial charge < -0.3 is 15.1 Å². The van der Waals surface area contributed by atoms with E-state index in [1.165, 1.54) is 12.8 Å². The van der Waals surface area contributed by atoms with Crippen LogP contribution < -0.4 is 10.2 Å². The van der Waals surface area contributed by atoms with Crippen molar-refractivity contribution in [2.75, 3.05) is 23.8 Å². The van der Waals surface area contributed by atoms with Gasteiger partial charge in [-0.1, -0.05) is 6.07 Å². The largest absolute Gasteiger partial charge is 0.322 e. The zero-order valence-electron chi connectivity index (χ0n) is 16.4. The number of aromatic nitrogens is 1. The lowest BCUT2D eigenvalue weighted by atomic mass is 10.00. The van der Waals surface area contributed by atoms with Gasteiger partial charge in [-0.3, -0.25) is 9.78 Å². The van der Waals surface area contributed by atoms with Crippen LogP contribution in [0, 0.1) is 12.8 Å². The van der Waals surface area contributed by atoms with Crippen LogP contribution in [-0.4, -0.2) is 35.4 Å². The molecular weight excluding hydrogens is 352 g/mol. The third-order valence-corrected chi connectivity index (χ3v) is 5.39. The van der Waals surface area contributed by atoms with Crippen molar-refractivity contribution < 1.29 is 9.59 Å². The molecule has 0 saturated heterocycles. The van der Waals surface area contributed by atoms with Crippen molar-refractivity contribution in [3.8, 4) is 0 Å². The van der Waals surface area contributed by atoms with Gasteiger partial charge in [-0.15, -0.1) is 0 Å². The van der Waals surface area contributed by atoms with Gasteiger partial charge in [0.1, 0.15) is 0 Å². The second kappa shape index (κ2) is 7.62. The Labute approximate surface area is 165 Å². The van der Waals surface area contributed by atoms with E-state index in [4.69, 9.17) is 0 Å². The summed E-state index contributed by atoms with van der Waals surface area (Å²) < 4.78 is 0. The van der Waals surface area contributed by atoms with E-state index < -0.39 is 0 Å². The van der Waals surface area contributed by atoms with Crippen molar-refractivity contribution in [3.63, 3.8) is 0 Å². The number of amides is 3. The maximum Gasteiger partial charge on any atom is 0.321 e. The highest BCUT2D eigenvalue weighted by molar-refractivity contribution is 5.97. The average Bonchev–Trinajstić information content (AvgIpc) is 3.50. The van der Waals surface area contributed by atoms with Crippen LogP contribution in [0.25, 0.3) is 0 Å². The maximum absolute atomic E-state index is 12.5. The Kier molecular flexibility index (Phi) is 5.03. The topological polar surface area (TPSA) is 65.5 Å². The first-order valence-electron chi connectivity index (χ1n) is 9.86. The molecule has 0 atom stereocenters. The van der Waals surface area contributed by atoms with Crippen molar-refractivity contribution in [2.45, 2.75) is 39.2 Å². The Morgan fingerprint density at radius 1 is 1.25 bits per heavy atom. The molecule has 1 aromatic carbocycles. The van der Waals surface area contributed by atoms with Gasteiger partial charge in [-0.05, 0) is 67.5 Å². The number of nitrogens with zero attached hydrogens (tertiary/aromatic N) is 3. The lowest BCUT2D eigenvalue weighted by molar-refractivity contribution is -0.118. The van der Waals surface area contributed by atoms with Gasteiger partial charge >= 0.3 is 6.03 Å². The monoisotopic (exact) mass is 378 g/mol. The van der Waals surface area contributed by atoms with Crippen LogP contribution in [-0.2, 0) is 17.8 Å². The number of aryl methyl sites for hydroxylation is 2. The van der Waals surface area contributed by atoms with Crippen LogP contribution in [0.3, 0.4) is 0 Å². The van der Waals surface area contributed by atoms with Crippen molar-refractivity contribution in [2.24, 2.45) is 5.92 Å². The molecule has 2 aliphatic rings. The van der Waals surface area contributed by atoms with E-state index in [0.29, 0.717) is 18.9 Å². The van der Waals surface area contributed by atoms with Gasteiger partial charge in [-0.25, -0.2) is 4.79 Å². The number of pyridine rings is 1. The lowest BCUT2D eigenvalue weighted by Crippen LogP contribution is -2.36. The molecule has 4 rings (SSSR count). The van der Waals surface area contributed by atoms with Crippen LogP contribution in [0.4, 0.5) is 16.2 Å². The first kappa shape index (κ1) is 18.5. The summed E-state index contributed by atoms with van der Waals surface area (Å²) in [6.45, 7) is 3.26. The molecule has 28 heavy (non-hydrogen) atoms. The standard InChI is InChI=1S/C22H26N4O2/c1-15-3-7-19(23-12-15)14-25(2)22(28)24-18-8-9-20-17(11-18)6-10-21(27)26(20)13-16-4-5-16/h3,7-9,11-12,16H,4-6,10,13-14H2,1-2H3,(H,24,28). The minimum atomic E-state index is -0.177. The molecule has 2 aromatic rings. The molecule has 6 nitrogen and oxygen atoms in total. The summed E-state index contributed by atoms with van der Waals surface area (Å²) in [5, 5.41) is 2.96. The van der Waals surface area contributed by atoms with Crippen LogP contribution in [0.1, 0.15) is 36.1 Å². The Morgan fingerprint density at radius 2 is 2.07 bits per heavy atom. The van der Waals surface area contributed by atoms with Crippen LogP contribution >= 0.6 is 0 Å². The molecule has 0 unspecified atom stereocenters. The number of anilines is 2. The second-order valence-electron chi connectivity index (χ2n) is 7.90. The summed E-state index contributed by atoms with van der Waals surface area (Å²) >= 11 is 0. The van der Waals surface area contributed by atoms with Gasteiger partial charge in [0.15, 0.2) is 0 Å². The fourth-order valence-corrected chi connectivity index (χ4v) is 3.52. The Bertz CT molecular complexity index is 890. The normalized spacial score (nSPS) is 15.9. The molecule has 0 bridgehead atoms. The van der Waals surface area contributed by atoms with Gasteiger partial charge in [0.25, 0.3) is 0 Å². The highest BCUT2D eigenvalue weighted by atomic mass is 16.2. The number of hydrogen-bond acceptors (Lipinski definition) is 3. The molecule has 1 saturated carbocycles. The van der Waals surface area contributed by atoms with Gasteiger partial charge in [0, 0.05) is 37.6 Å². The summed E-state index contributed by atoms with van der Waals surface area (Å²) in [5.41, 5.74) is 4.83. The van der Waals surface area contributed by atoms with E-state index in [1.54, 1.807) is 18.1 Å². The summed E-state index contributed by atoms with van der Waals surface area (Å²) in [7, 11) is 1.76. The fraction of sp³-hybridized carbons (Fsp3) is 0.409. The molecule has 0 radical (unpaired) electrons. The Morgan fingerprint density at radius 3 is 2.79 bits per heavy atom. The number of benzene rings is 1. The highest BCUT2D eigenvalue weighted by Crippen LogP contribution is 2.36. The van der Waals surface area contributed by atoms with E-state index in [-0.39, 0.29) is 11.9 Å². The minimum absolute atomic E-state index is 0.177. The summed E-state index contributed by atoms with van der Waals surface area (Å²) in [4.78, 5) is 32.7. The van der Waals surface area contributed by atoms with Crippen molar-refractivity contribution in [1.82, 2.24) is 9.88 Å². The zero-order valence-corrected chi connectivity index (χ0v) is 16.4. The van der Waals surface area contributed by atoms with E-state index >= 15 is 0 Å². The predicted octanol–water partition coefficient (Wildman–Crippen LogP) is 3.74. The molecule has 0 spiro atoms. The number of carbonyl (C=O) groups excluding carboxylic acids is 2. The van der Waals surface area contributed by atoms with E-state index in [1.807, 2.05) is 42.2 Å². The molecule has 1 aliphatic carbocycles. The van der Waals surface area contributed by atoms with Gasteiger partial charge in [0.05, 0.1) is 12.2 Å². The maximum atomic E-state index is 12.5. The molecule has 1 fully saturated rings. The third kappa shape index (κ3) is 4.16. The zero-order chi connectivity index (χ0) is 19.7. The summed E-state index contributed by atoms with van der Waals surface area (Å²) in [5.74, 6) is 0.861. The fourth-order valence-electron chi connectivity index (χ4n) is 3.52. The Hall–Kier alpha value is -2.89. The van der Waals surface area contributed by atoms with Crippen molar-refractivity contribution in [3.05, 3.63) is 53.3 Å². The number of rotatable bonds is 5. The Balaban J connectivity index is 1.42. The molecule has 1 aliphatic heterocycles. The molecule has 3 amide bonds. The molecule has 1 aromatic heterocycles. The van der Waals surface area contributed by atoms with Gasteiger partial charge in [0.2, 0.25) is 5.91 Å². The predicted molar refractivity (Wildman–Crippen MR) is 109 cm³/mol. The minimum Gasteiger partial charge on any atom is -0.322 e. The molecule has 146 valence electrons. The van der Waals surface area contributed by atoms with Crippen LogP contribution in [0.15, 0.2) is 36.5 Å². The number of carbonyl (C=O) groups is 2. The number of urea groups is 1. The number of fused-ring (bicyclic) bond motifs is 1. The van der Waals surface area contributed by atoms with Crippen LogP contribution in [0.5, 0.6) is 0 Å². The number of nitrogens with one attached hydrogen (secondary N) is 1. The van der Waals surface area contributed by atoms with Crippen molar-refractivity contribution in [1.29, 1.82) is 0 Å². The molecular formula is C22H26N4O2. The summed E-state index contributed by atoms with van der Waals surface area (Å²) in [6, 6.07) is 9.59. The van der Waals surface area contributed by atoms with Crippen LogP contribution in [0.2, 0.25) is 0 Å². The first-order valence-corrected chi connectivity index (χ1v) is 9.86. The first-order chi connectivity index (χ1) is 13.5. The number of hydrogen-bond donors (Lipinski definition) is 1. The van der Waals surface area contributed by atoms with E-state index in [0.717, 1.165) is 41.2 Å². The second-order valence-corrected chi connectivity index (χ2v) is 7.90. The van der Waals surface area contributed by atoms with Crippen molar-refractivity contribution >= 4 is 23.3 Å². The average molecular weight is 378 g/mol. The smallest absolute Gasteiger partial charge is 0.321 e. The molecule has 2 heterocycles. The summed E-state index contributed by atoms with van der Waals surface area (Å²) in [6.07, 6.45) is 5.50. The van der Waals surface area contributed by atoms with Gasteiger partial charge in [-0.2, -0.15) is 0 Å². The molecule has 1 N–H and O–H groups in total. The quantitative estimate of drug-likeness (QED) is 0.862. The SMILES string of the molecule is Cc1ccc(CN(C)C(=O)Nc2ccc3c(c2)CCC(=O)N3CC2CC2)nc1. The molecule has 6 heteroatoms. The lowest BCUT2D eigenvalue weighted by Gasteiger charge is -2.30. The van der Waals surface area contributed by atoms with E-state index in [9.17, 15) is 9.59 Å². The van der Waals surface area contributed by atoms with E-state index in [2.05, 4.69) is 10.3 Å².